The molecule has 3 heteroatoms. The molecule has 0 atom stereocenters. The first-order valence-corrected chi connectivity index (χ1v) is 7.13. The van der Waals surface area contributed by atoms with Crippen LogP contribution >= 0.6 is 11.6 Å². The van der Waals surface area contributed by atoms with Gasteiger partial charge < -0.3 is 10.5 Å². The highest BCUT2D eigenvalue weighted by Crippen LogP contribution is 2.31. The summed E-state index contributed by atoms with van der Waals surface area (Å²) in [7, 11) is 0. The van der Waals surface area contributed by atoms with Crippen LogP contribution in [-0.4, -0.2) is 6.54 Å². The molecule has 0 aliphatic heterocycles. The van der Waals surface area contributed by atoms with Crippen LogP contribution in [0.15, 0.2) is 30.3 Å². The quantitative estimate of drug-likeness (QED) is 0.895. The maximum atomic E-state index is 6.24. The van der Waals surface area contributed by atoms with Crippen LogP contribution in [0.4, 0.5) is 0 Å². The average molecular weight is 290 g/mol. The Balaban J connectivity index is 2.29. The first-order valence-electron chi connectivity index (χ1n) is 6.75. The Hall–Kier alpha value is -1.51. The molecule has 0 aliphatic carbocycles. The van der Waals surface area contributed by atoms with Crippen LogP contribution in [0.3, 0.4) is 0 Å². The van der Waals surface area contributed by atoms with E-state index in [9.17, 15) is 0 Å². The van der Waals surface area contributed by atoms with Crippen LogP contribution < -0.4 is 10.5 Å². The minimum atomic E-state index is 0.593. The molecule has 2 N–H and O–H groups in total. The van der Waals surface area contributed by atoms with E-state index in [4.69, 9.17) is 22.1 Å². The lowest BCUT2D eigenvalue weighted by molar-refractivity contribution is 0.478. The second kappa shape index (κ2) is 6.29. The van der Waals surface area contributed by atoms with E-state index in [2.05, 4.69) is 26.8 Å². The number of hydrogen-bond acceptors (Lipinski definition) is 2. The van der Waals surface area contributed by atoms with E-state index < -0.39 is 0 Å². The minimum absolute atomic E-state index is 0.593. The van der Waals surface area contributed by atoms with Crippen molar-refractivity contribution in [3.05, 3.63) is 57.6 Å². The Morgan fingerprint density at radius 3 is 2.50 bits per heavy atom. The van der Waals surface area contributed by atoms with Gasteiger partial charge in [0.25, 0.3) is 0 Å². The number of rotatable bonds is 4. The number of ether oxygens (including phenoxy) is 1. The lowest BCUT2D eigenvalue weighted by Crippen LogP contribution is -2.03. The highest BCUT2D eigenvalue weighted by atomic mass is 35.5. The third kappa shape index (κ3) is 3.33. The van der Waals surface area contributed by atoms with Gasteiger partial charge in [0.1, 0.15) is 11.5 Å². The molecule has 0 heterocycles. The van der Waals surface area contributed by atoms with Gasteiger partial charge in [-0.05, 0) is 74.2 Å². The summed E-state index contributed by atoms with van der Waals surface area (Å²) in [5.41, 5.74) is 10.2. The Labute approximate surface area is 125 Å². The average Bonchev–Trinajstić information content (AvgIpc) is 2.39. The van der Waals surface area contributed by atoms with Gasteiger partial charge in [0, 0.05) is 5.02 Å². The molecule has 0 fully saturated rings. The molecule has 0 unspecified atom stereocenters. The third-order valence-corrected chi connectivity index (χ3v) is 3.78. The van der Waals surface area contributed by atoms with Crippen LogP contribution in [0.25, 0.3) is 0 Å². The van der Waals surface area contributed by atoms with Crippen LogP contribution in [0.1, 0.15) is 22.3 Å². The van der Waals surface area contributed by atoms with Crippen molar-refractivity contribution in [1.29, 1.82) is 0 Å². The summed E-state index contributed by atoms with van der Waals surface area (Å²) in [5.74, 6) is 1.63. The SMILES string of the molecule is Cc1cc(C)c(C)c(Oc2ccc(CCN)c(Cl)c2)c1. The summed E-state index contributed by atoms with van der Waals surface area (Å²) in [5, 5.41) is 0.704. The zero-order chi connectivity index (χ0) is 14.7. The first kappa shape index (κ1) is 14.9. The van der Waals surface area contributed by atoms with Gasteiger partial charge >= 0.3 is 0 Å². The molecular weight excluding hydrogens is 270 g/mol. The van der Waals surface area contributed by atoms with Crippen molar-refractivity contribution in [3.8, 4) is 11.5 Å². The largest absolute Gasteiger partial charge is 0.457 e. The summed E-state index contributed by atoms with van der Waals surface area (Å²) in [6, 6.07) is 9.96. The highest BCUT2D eigenvalue weighted by Gasteiger charge is 2.07. The van der Waals surface area contributed by atoms with Crippen molar-refractivity contribution in [1.82, 2.24) is 0 Å². The summed E-state index contributed by atoms with van der Waals surface area (Å²) >= 11 is 6.24. The van der Waals surface area contributed by atoms with Crippen molar-refractivity contribution in [2.24, 2.45) is 5.73 Å². The van der Waals surface area contributed by atoms with Crippen LogP contribution in [0.2, 0.25) is 5.02 Å². The molecule has 0 saturated carbocycles. The predicted octanol–water partition coefficient (Wildman–Crippen LogP) is 4.56. The van der Waals surface area contributed by atoms with E-state index in [-0.39, 0.29) is 0 Å². The second-order valence-corrected chi connectivity index (χ2v) is 5.51. The fraction of sp³-hybridized carbons (Fsp3) is 0.294. The molecule has 0 aliphatic rings. The van der Waals surface area contributed by atoms with E-state index in [1.165, 1.54) is 11.1 Å². The molecule has 0 aromatic heterocycles. The Morgan fingerprint density at radius 2 is 1.85 bits per heavy atom. The molecule has 0 saturated heterocycles. The number of hydrogen-bond donors (Lipinski definition) is 1. The fourth-order valence-corrected chi connectivity index (χ4v) is 2.45. The molecule has 2 rings (SSSR count). The summed E-state index contributed by atoms with van der Waals surface area (Å²) in [6.07, 6.45) is 0.779. The van der Waals surface area contributed by atoms with Crippen molar-refractivity contribution in [2.45, 2.75) is 27.2 Å². The summed E-state index contributed by atoms with van der Waals surface area (Å²) < 4.78 is 5.97. The molecule has 2 aromatic rings. The van der Waals surface area contributed by atoms with E-state index in [1.54, 1.807) is 0 Å². The van der Waals surface area contributed by atoms with Gasteiger partial charge in [-0.3, -0.25) is 0 Å². The van der Waals surface area contributed by atoms with Crippen LogP contribution in [-0.2, 0) is 6.42 Å². The summed E-state index contributed by atoms with van der Waals surface area (Å²) in [4.78, 5) is 0. The monoisotopic (exact) mass is 289 g/mol. The van der Waals surface area contributed by atoms with Gasteiger partial charge in [-0.1, -0.05) is 23.7 Å². The van der Waals surface area contributed by atoms with Gasteiger partial charge in [-0.2, -0.15) is 0 Å². The van der Waals surface area contributed by atoms with Crippen molar-refractivity contribution in [2.75, 3.05) is 6.54 Å². The highest BCUT2D eigenvalue weighted by molar-refractivity contribution is 6.31. The smallest absolute Gasteiger partial charge is 0.130 e. The van der Waals surface area contributed by atoms with Gasteiger partial charge in [0.2, 0.25) is 0 Å². The Kier molecular flexibility index (Phi) is 4.69. The molecule has 0 radical (unpaired) electrons. The maximum Gasteiger partial charge on any atom is 0.130 e. The third-order valence-electron chi connectivity index (χ3n) is 3.43. The Morgan fingerprint density at radius 1 is 1.10 bits per heavy atom. The first-order chi connectivity index (χ1) is 9.51. The Bertz CT molecular complexity index is 623. The maximum absolute atomic E-state index is 6.24. The van der Waals surface area contributed by atoms with Crippen LogP contribution in [0, 0.1) is 20.8 Å². The van der Waals surface area contributed by atoms with E-state index >= 15 is 0 Å². The van der Waals surface area contributed by atoms with Crippen LogP contribution in [0.5, 0.6) is 11.5 Å². The molecule has 0 bridgehead atoms. The second-order valence-electron chi connectivity index (χ2n) is 5.10. The van der Waals surface area contributed by atoms with Crippen molar-refractivity contribution < 1.29 is 4.74 Å². The topological polar surface area (TPSA) is 35.2 Å². The number of halogens is 1. The number of aryl methyl sites for hydroxylation is 2. The lowest BCUT2D eigenvalue weighted by atomic mass is 10.1. The number of nitrogens with two attached hydrogens (primary N) is 1. The fourth-order valence-electron chi connectivity index (χ4n) is 2.18. The predicted molar refractivity (Wildman–Crippen MR) is 84.9 cm³/mol. The molecule has 2 aromatic carbocycles. The molecule has 2 nitrogen and oxygen atoms in total. The van der Waals surface area contributed by atoms with E-state index in [1.807, 2.05) is 24.3 Å². The van der Waals surface area contributed by atoms with Gasteiger partial charge in [-0.25, -0.2) is 0 Å². The molecule has 20 heavy (non-hydrogen) atoms. The van der Waals surface area contributed by atoms with E-state index in [0.717, 1.165) is 29.0 Å². The standard InChI is InChI=1S/C17H20ClNO/c1-11-8-12(2)13(3)17(9-11)20-15-5-4-14(6-7-19)16(18)10-15/h4-5,8-10H,6-7,19H2,1-3H3. The van der Waals surface area contributed by atoms with Gasteiger partial charge in [-0.15, -0.1) is 0 Å². The molecule has 0 spiro atoms. The zero-order valence-corrected chi connectivity index (χ0v) is 12.9. The molecular formula is C17H20ClNO. The van der Waals surface area contributed by atoms with Gasteiger partial charge in [0.15, 0.2) is 0 Å². The molecule has 0 amide bonds. The minimum Gasteiger partial charge on any atom is -0.457 e. The van der Waals surface area contributed by atoms with Crippen molar-refractivity contribution in [3.63, 3.8) is 0 Å². The van der Waals surface area contributed by atoms with Gasteiger partial charge in [0.05, 0.1) is 0 Å². The molecule has 106 valence electrons. The lowest BCUT2D eigenvalue weighted by Gasteiger charge is -2.13. The number of benzene rings is 2. The van der Waals surface area contributed by atoms with E-state index in [0.29, 0.717) is 11.6 Å². The summed E-state index contributed by atoms with van der Waals surface area (Å²) in [6.45, 7) is 6.81. The normalized spacial score (nSPS) is 10.7. The van der Waals surface area contributed by atoms with Crippen molar-refractivity contribution >= 4 is 11.6 Å². The zero-order valence-electron chi connectivity index (χ0n) is 12.2.